The average Bonchev–Trinajstić information content (AvgIpc) is 2.48. The van der Waals surface area contributed by atoms with Gasteiger partial charge in [0, 0.05) is 5.25 Å². The molecule has 0 spiro atoms. The third-order valence-corrected chi connectivity index (χ3v) is 6.17. The van der Waals surface area contributed by atoms with Gasteiger partial charge in [0.1, 0.15) is 0 Å². The molecule has 3 rings (SSSR count). The Kier molecular flexibility index (Phi) is 4.49. The van der Waals surface area contributed by atoms with Crippen molar-refractivity contribution in [2.24, 2.45) is 0 Å². The van der Waals surface area contributed by atoms with E-state index in [2.05, 4.69) is 24.3 Å². The number of aliphatic hydroxyl groups excluding tert-OH is 1. The number of hydrogen-bond donors (Lipinski definition) is 1. The Morgan fingerprint density at radius 3 is 2.89 bits per heavy atom. The van der Waals surface area contributed by atoms with Crippen LogP contribution >= 0.6 is 11.8 Å². The molecular weight excluding hydrogens is 252 g/mol. The zero-order chi connectivity index (χ0) is 13.1. The largest absolute Gasteiger partial charge is 0.392 e. The van der Waals surface area contributed by atoms with E-state index in [9.17, 15) is 5.11 Å². The molecule has 0 amide bonds. The molecule has 1 nitrogen and oxygen atoms in total. The second-order valence-electron chi connectivity index (χ2n) is 6.00. The number of rotatable bonds is 3. The molecule has 0 bridgehead atoms. The molecule has 1 aliphatic carbocycles. The van der Waals surface area contributed by atoms with Gasteiger partial charge >= 0.3 is 0 Å². The van der Waals surface area contributed by atoms with Crippen molar-refractivity contribution in [1.29, 1.82) is 0 Å². The Morgan fingerprint density at radius 2 is 2.05 bits per heavy atom. The lowest BCUT2D eigenvalue weighted by atomic mass is 9.79. The van der Waals surface area contributed by atoms with Crippen molar-refractivity contribution in [2.75, 3.05) is 5.75 Å². The summed E-state index contributed by atoms with van der Waals surface area (Å²) in [5.41, 5.74) is 3.02. The van der Waals surface area contributed by atoms with Gasteiger partial charge < -0.3 is 5.11 Å². The minimum Gasteiger partial charge on any atom is -0.392 e. The molecule has 0 radical (unpaired) electrons. The summed E-state index contributed by atoms with van der Waals surface area (Å²) in [5, 5.41) is 11.0. The summed E-state index contributed by atoms with van der Waals surface area (Å²) >= 11 is 1.99. The number of aliphatic hydroxyl groups is 1. The first-order chi connectivity index (χ1) is 9.34. The van der Waals surface area contributed by atoms with Crippen molar-refractivity contribution in [2.45, 2.75) is 62.2 Å². The monoisotopic (exact) mass is 276 g/mol. The fraction of sp³-hybridized carbons (Fsp3) is 0.647. The van der Waals surface area contributed by atoms with Gasteiger partial charge in [0.15, 0.2) is 0 Å². The summed E-state index contributed by atoms with van der Waals surface area (Å²) in [4.78, 5) is 0. The van der Waals surface area contributed by atoms with Gasteiger partial charge in [-0.15, -0.1) is 0 Å². The third kappa shape index (κ3) is 3.17. The molecule has 0 aromatic heterocycles. The highest BCUT2D eigenvalue weighted by atomic mass is 32.2. The van der Waals surface area contributed by atoms with E-state index in [4.69, 9.17) is 0 Å². The van der Waals surface area contributed by atoms with Gasteiger partial charge in [0.05, 0.1) is 6.10 Å². The van der Waals surface area contributed by atoms with Crippen molar-refractivity contribution in [3.63, 3.8) is 0 Å². The van der Waals surface area contributed by atoms with Crippen LogP contribution in [0.4, 0.5) is 0 Å². The first kappa shape index (κ1) is 13.5. The van der Waals surface area contributed by atoms with Gasteiger partial charge in [-0.1, -0.05) is 30.7 Å². The molecule has 1 heterocycles. The molecule has 1 saturated heterocycles. The highest BCUT2D eigenvalue weighted by Crippen LogP contribution is 2.37. The normalized spacial score (nSPS) is 28.7. The summed E-state index contributed by atoms with van der Waals surface area (Å²) in [6, 6.07) is 8.84. The molecule has 3 unspecified atom stereocenters. The van der Waals surface area contributed by atoms with Crippen LogP contribution in [0.3, 0.4) is 0 Å². The Morgan fingerprint density at radius 1 is 1.16 bits per heavy atom. The predicted octanol–water partition coefficient (Wildman–Crippen LogP) is 4.14. The topological polar surface area (TPSA) is 20.2 Å². The summed E-state index contributed by atoms with van der Waals surface area (Å²) in [5.74, 6) is 1.82. The lowest BCUT2D eigenvalue weighted by Crippen LogP contribution is -2.28. The number of fused-ring (bicyclic) bond motifs is 1. The quantitative estimate of drug-likeness (QED) is 0.895. The van der Waals surface area contributed by atoms with Crippen LogP contribution in [0.5, 0.6) is 0 Å². The fourth-order valence-corrected chi connectivity index (χ4v) is 4.95. The number of thioether (sulfide) groups is 1. The van der Waals surface area contributed by atoms with Gasteiger partial charge in [0.2, 0.25) is 0 Å². The highest BCUT2D eigenvalue weighted by molar-refractivity contribution is 8.00. The maximum atomic E-state index is 10.5. The summed E-state index contributed by atoms with van der Waals surface area (Å²) in [7, 11) is 0. The van der Waals surface area contributed by atoms with Crippen molar-refractivity contribution >= 4 is 11.8 Å². The molecule has 2 aliphatic rings. The minimum absolute atomic E-state index is 0.110. The zero-order valence-corrected chi connectivity index (χ0v) is 12.4. The molecule has 3 atom stereocenters. The van der Waals surface area contributed by atoms with Crippen LogP contribution in [0, 0.1) is 0 Å². The van der Waals surface area contributed by atoms with Crippen molar-refractivity contribution in [1.82, 2.24) is 0 Å². The van der Waals surface area contributed by atoms with Crippen molar-refractivity contribution in [3.8, 4) is 0 Å². The Balaban J connectivity index is 1.66. The van der Waals surface area contributed by atoms with Crippen LogP contribution in [0.1, 0.15) is 55.6 Å². The molecule has 1 N–H and O–H groups in total. The van der Waals surface area contributed by atoms with Gasteiger partial charge in [-0.05, 0) is 61.3 Å². The van der Waals surface area contributed by atoms with Gasteiger partial charge in [0.25, 0.3) is 0 Å². The maximum absolute atomic E-state index is 10.5. The van der Waals surface area contributed by atoms with Crippen LogP contribution in [0.2, 0.25) is 0 Å². The summed E-state index contributed by atoms with van der Waals surface area (Å²) < 4.78 is 0. The Labute approximate surface area is 120 Å². The molecular formula is C17H24OS. The van der Waals surface area contributed by atoms with Crippen LogP contribution in [0.15, 0.2) is 24.3 Å². The van der Waals surface area contributed by atoms with Crippen LogP contribution in [-0.4, -0.2) is 22.2 Å². The second-order valence-corrected chi connectivity index (χ2v) is 7.34. The molecule has 0 saturated carbocycles. The number of aryl methyl sites for hydroxylation is 1. The van der Waals surface area contributed by atoms with E-state index in [1.807, 2.05) is 11.8 Å². The summed E-state index contributed by atoms with van der Waals surface area (Å²) in [6.07, 6.45) is 8.46. The third-order valence-electron chi connectivity index (χ3n) is 4.66. The molecule has 1 aliphatic heterocycles. The fourth-order valence-electron chi connectivity index (χ4n) is 3.61. The maximum Gasteiger partial charge on any atom is 0.0664 e. The second kappa shape index (κ2) is 6.32. The predicted molar refractivity (Wildman–Crippen MR) is 82.8 cm³/mol. The molecule has 1 aromatic carbocycles. The average molecular weight is 276 g/mol. The molecule has 1 aromatic rings. The molecule has 1 fully saturated rings. The Bertz CT molecular complexity index is 411. The first-order valence-electron chi connectivity index (χ1n) is 7.72. The van der Waals surface area contributed by atoms with E-state index >= 15 is 0 Å². The smallest absolute Gasteiger partial charge is 0.0664 e. The van der Waals surface area contributed by atoms with E-state index in [-0.39, 0.29) is 6.10 Å². The van der Waals surface area contributed by atoms with E-state index in [1.165, 1.54) is 55.4 Å². The molecule has 19 heavy (non-hydrogen) atoms. The summed E-state index contributed by atoms with van der Waals surface area (Å²) in [6.45, 7) is 0. The van der Waals surface area contributed by atoms with E-state index in [0.29, 0.717) is 11.2 Å². The molecule has 2 heteroatoms. The van der Waals surface area contributed by atoms with Crippen LogP contribution < -0.4 is 0 Å². The van der Waals surface area contributed by atoms with Crippen LogP contribution in [-0.2, 0) is 6.42 Å². The Hall–Kier alpha value is -0.470. The minimum atomic E-state index is -0.110. The number of hydrogen-bond acceptors (Lipinski definition) is 2. The standard InChI is InChI=1S/C17H24OS/c18-16(17-10-3-4-11-19-17)12-14-8-5-7-13-6-1-2-9-15(13)14/h1-2,6,9,14,16-18H,3-5,7-8,10-12H2. The molecule has 104 valence electrons. The zero-order valence-electron chi connectivity index (χ0n) is 11.6. The van der Waals surface area contributed by atoms with Crippen molar-refractivity contribution < 1.29 is 5.11 Å². The van der Waals surface area contributed by atoms with E-state index in [0.717, 1.165) is 6.42 Å². The SMILES string of the molecule is OC(CC1CCCc2ccccc21)C1CCCCS1. The van der Waals surface area contributed by atoms with Crippen molar-refractivity contribution in [3.05, 3.63) is 35.4 Å². The lowest BCUT2D eigenvalue weighted by molar-refractivity contribution is 0.144. The van der Waals surface area contributed by atoms with Crippen LogP contribution in [0.25, 0.3) is 0 Å². The van der Waals surface area contributed by atoms with Gasteiger partial charge in [-0.25, -0.2) is 0 Å². The highest BCUT2D eigenvalue weighted by Gasteiger charge is 2.27. The first-order valence-corrected chi connectivity index (χ1v) is 8.77. The van der Waals surface area contributed by atoms with Gasteiger partial charge in [-0.3, -0.25) is 0 Å². The van der Waals surface area contributed by atoms with E-state index < -0.39 is 0 Å². The van der Waals surface area contributed by atoms with Gasteiger partial charge in [-0.2, -0.15) is 11.8 Å². The lowest BCUT2D eigenvalue weighted by Gasteiger charge is -2.31. The van der Waals surface area contributed by atoms with E-state index in [1.54, 1.807) is 0 Å². The number of benzene rings is 1.